The molecule has 11 nitrogen and oxygen atoms in total. The highest BCUT2D eigenvalue weighted by molar-refractivity contribution is 6.07. The van der Waals surface area contributed by atoms with Crippen LogP contribution in [0.15, 0.2) is 170 Å². The number of esters is 2. The van der Waals surface area contributed by atoms with Crippen molar-refractivity contribution in [2.45, 2.75) is 52.4 Å². The maximum absolute atomic E-state index is 11.5. The van der Waals surface area contributed by atoms with Gasteiger partial charge in [0.05, 0.1) is 12.7 Å². The normalized spacial score (nSPS) is 12.3. The SMILES string of the molecule is C=C(C)C(=O)OCC(O)COc1ccc2cccc(-c3cccc4ccc(OCC(O)CC)cc34)c2c1.C=C(C)C(=O)OCC(O)COc1ccc2cccc(-c3cccc4ccc(OCC)cc34)c2c1. The van der Waals surface area contributed by atoms with Crippen LogP contribution < -0.4 is 18.9 Å². The third-order valence-corrected chi connectivity index (χ3v) is 11.6. The second-order valence-electron chi connectivity index (χ2n) is 17.2. The van der Waals surface area contributed by atoms with E-state index in [9.17, 15) is 24.9 Å². The lowest BCUT2D eigenvalue weighted by Gasteiger charge is -2.15. The van der Waals surface area contributed by atoms with Crippen LogP contribution >= 0.6 is 0 Å². The molecular formula is C60H60O11. The number of fused-ring (bicyclic) bond motifs is 4. The molecule has 0 saturated carbocycles. The maximum atomic E-state index is 11.5. The van der Waals surface area contributed by atoms with Crippen molar-refractivity contribution in [3.63, 3.8) is 0 Å². The molecule has 0 saturated heterocycles. The zero-order chi connectivity index (χ0) is 50.4. The van der Waals surface area contributed by atoms with Crippen molar-refractivity contribution in [2.75, 3.05) is 39.6 Å². The second-order valence-corrected chi connectivity index (χ2v) is 17.2. The fourth-order valence-corrected chi connectivity index (χ4v) is 7.85. The fraction of sp³-hybridized carbons (Fsp3) is 0.233. The Morgan fingerprint density at radius 3 is 1.00 bits per heavy atom. The first kappa shape index (κ1) is 51.2. The van der Waals surface area contributed by atoms with E-state index >= 15 is 0 Å². The summed E-state index contributed by atoms with van der Waals surface area (Å²) in [6.45, 7) is 14.6. The molecule has 0 amide bonds. The average Bonchev–Trinajstić information content (AvgIpc) is 3.39. The van der Waals surface area contributed by atoms with Gasteiger partial charge in [0.25, 0.3) is 0 Å². The molecule has 71 heavy (non-hydrogen) atoms. The van der Waals surface area contributed by atoms with Crippen molar-refractivity contribution in [1.82, 2.24) is 0 Å². The van der Waals surface area contributed by atoms with Crippen LogP contribution in [0.2, 0.25) is 0 Å². The number of hydrogen-bond donors (Lipinski definition) is 3. The molecule has 0 radical (unpaired) electrons. The largest absolute Gasteiger partial charge is 0.494 e. The number of rotatable bonds is 20. The molecule has 8 rings (SSSR count). The molecule has 0 heterocycles. The summed E-state index contributed by atoms with van der Waals surface area (Å²) >= 11 is 0. The van der Waals surface area contributed by atoms with Crippen LogP contribution in [-0.4, -0.2) is 85.2 Å². The topological polar surface area (TPSA) is 150 Å². The highest BCUT2D eigenvalue weighted by Crippen LogP contribution is 2.38. The summed E-state index contributed by atoms with van der Waals surface area (Å²) in [5.41, 5.74) is 4.84. The van der Waals surface area contributed by atoms with Crippen molar-refractivity contribution in [1.29, 1.82) is 0 Å². The summed E-state index contributed by atoms with van der Waals surface area (Å²) in [5.74, 6) is 1.70. The number of benzene rings is 8. The number of carbonyl (C=O) groups is 2. The molecule has 11 heteroatoms. The van der Waals surface area contributed by atoms with Crippen molar-refractivity contribution in [2.24, 2.45) is 0 Å². The molecule has 0 aliphatic rings. The predicted octanol–water partition coefficient (Wildman–Crippen LogP) is 11.6. The number of aliphatic hydroxyl groups excluding tert-OH is 3. The van der Waals surface area contributed by atoms with Crippen LogP contribution in [0.25, 0.3) is 65.3 Å². The Hall–Kier alpha value is -7.70. The monoisotopic (exact) mass is 956 g/mol. The highest BCUT2D eigenvalue weighted by atomic mass is 16.6. The molecule has 3 unspecified atom stereocenters. The summed E-state index contributed by atoms with van der Waals surface area (Å²) in [7, 11) is 0. The minimum Gasteiger partial charge on any atom is -0.494 e. The van der Waals surface area contributed by atoms with Crippen LogP contribution in [0.3, 0.4) is 0 Å². The van der Waals surface area contributed by atoms with Gasteiger partial charge >= 0.3 is 11.9 Å². The number of ether oxygens (including phenoxy) is 6. The van der Waals surface area contributed by atoms with Gasteiger partial charge in [-0.1, -0.05) is 117 Å². The first-order valence-electron chi connectivity index (χ1n) is 23.6. The maximum Gasteiger partial charge on any atom is 0.333 e. The van der Waals surface area contributed by atoms with E-state index in [0.717, 1.165) is 71.1 Å². The van der Waals surface area contributed by atoms with Crippen molar-refractivity contribution < 1.29 is 53.3 Å². The van der Waals surface area contributed by atoms with E-state index in [0.29, 0.717) is 30.3 Å². The summed E-state index contributed by atoms with van der Waals surface area (Å²) < 4.78 is 33.2. The zero-order valence-corrected chi connectivity index (χ0v) is 40.6. The lowest BCUT2D eigenvalue weighted by molar-refractivity contribution is -0.143. The van der Waals surface area contributed by atoms with Gasteiger partial charge in [0.15, 0.2) is 0 Å². The van der Waals surface area contributed by atoms with Gasteiger partial charge in [0, 0.05) is 11.1 Å². The van der Waals surface area contributed by atoms with E-state index in [1.165, 1.54) is 0 Å². The van der Waals surface area contributed by atoms with Gasteiger partial charge in [-0.05, 0) is 141 Å². The summed E-state index contributed by atoms with van der Waals surface area (Å²) in [5, 5.41) is 38.7. The van der Waals surface area contributed by atoms with E-state index in [1.54, 1.807) is 13.8 Å². The smallest absolute Gasteiger partial charge is 0.333 e. The van der Waals surface area contributed by atoms with Crippen LogP contribution in [-0.2, 0) is 19.1 Å². The molecule has 0 spiro atoms. The van der Waals surface area contributed by atoms with Crippen molar-refractivity contribution >= 4 is 55.0 Å². The third-order valence-electron chi connectivity index (χ3n) is 11.6. The molecule has 0 fully saturated rings. The lowest BCUT2D eigenvalue weighted by atomic mass is 9.94. The molecule has 8 aromatic carbocycles. The molecule has 3 atom stereocenters. The molecule has 0 aliphatic heterocycles. The van der Waals surface area contributed by atoms with E-state index in [-0.39, 0.29) is 44.2 Å². The predicted molar refractivity (Wildman–Crippen MR) is 281 cm³/mol. The Bertz CT molecular complexity index is 3180. The Kier molecular flexibility index (Phi) is 17.5. The third kappa shape index (κ3) is 13.3. The van der Waals surface area contributed by atoms with E-state index in [1.807, 2.05) is 98.8 Å². The first-order chi connectivity index (χ1) is 34.3. The highest BCUT2D eigenvalue weighted by Gasteiger charge is 2.16. The minimum atomic E-state index is -0.961. The van der Waals surface area contributed by atoms with Gasteiger partial charge in [-0.3, -0.25) is 0 Å². The number of aliphatic hydroxyl groups is 3. The molecule has 366 valence electrons. The van der Waals surface area contributed by atoms with Gasteiger partial charge in [-0.25, -0.2) is 9.59 Å². The first-order valence-corrected chi connectivity index (χ1v) is 23.6. The fourth-order valence-electron chi connectivity index (χ4n) is 7.85. The standard InChI is InChI=1S/C31H32O6.C29H28O5/c1-4-23(32)17-35-25-13-11-21-7-5-9-27(29(21)15-25)28-10-6-8-22-12-14-26(16-30(22)28)36-18-24(33)19-37-31(34)20(2)3;1-4-32-23-13-11-20-7-5-9-25(27(20)15-23)26-10-6-8-21-12-14-24(16-28(21)26)33-17-22(30)18-34-29(31)19(2)3/h5-16,23-24,32-33H,2,4,17-19H2,1,3H3;5-16,22,30H,2,4,17-18H2,1,3H3. The second kappa shape index (κ2) is 24.2. The van der Waals surface area contributed by atoms with Gasteiger partial charge in [0.2, 0.25) is 0 Å². The number of carbonyl (C=O) groups excluding carboxylic acids is 2. The molecule has 8 aromatic rings. The Balaban J connectivity index is 0.000000209. The van der Waals surface area contributed by atoms with Gasteiger partial charge in [-0.15, -0.1) is 0 Å². The van der Waals surface area contributed by atoms with Gasteiger partial charge < -0.3 is 43.7 Å². The van der Waals surface area contributed by atoms with Crippen LogP contribution in [0.5, 0.6) is 23.0 Å². The lowest BCUT2D eigenvalue weighted by Crippen LogP contribution is -2.25. The molecule has 3 N–H and O–H groups in total. The van der Waals surface area contributed by atoms with E-state index in [4.69, 9.17) is 28.4 Å². The Morgan fingerprint density at radius 1 is 0.423 bits per heavy atom. The van der Waals surface area contributed by atoms with Crippen molar-refractivity contribution in [3.05, 3.63) is 170 Å². The molecular weight excluding hydrogens is 897 g/mol. The quantitative estimate of drug-likeness (QED) is 0.0495. The Morgan fingerprint density at radius 2 is 0.718 bits per heavy atom. The summed E-state index contributed by atoms with van der Waals surface area (Å²) in [4.78, 5) is 23.1. The molecule has 0 aromatic heterocycles. The van der Waals surface area contributed by atoms with Crippen LogP contribution in [0.1, 0.15) is 34.1 Å². The van der Waals surface area contributed by atoms with Crippen molar-refractivity contribution in [3.8, 4) is 45.3 Å². The van der Waals surface area contributed by atoms with E-state index < -0.39 is 30.3 Å². The Labute approximate surface area is 414 Å². The minimum absolute atomic E-state index is 0.00310. The summed E-state index contributed by atoms with van der Waals surface area (Å²) in [6, 6.07) is 48.5. The van der Waals surface area contributed by atoms with Crippen LogP contribution in [0, 0.1) is 0 Å². The average molecular weight is 957 g/mol. The van der Waals surface area contributed by atoms with Gasteiger partial charge in [0.1, 0.15) is 68.2 Å². The van der Waals surface area contributed by atoms with Gasteiger partial charge in [-0.2, -0.15) is 0 Å². The zero-order valence-electron chi connectivity index (χ0n) is 40.6. The summed E-state index contributed by atoms with van der Waals surface area (Å²) in [6.07, 6.45) is -1.77. The van der Waals surface area contributed by atoms with E-state index in [2.05, 4.69) is 73.8 Å². The molecule has 0 bridgehead atoms. The number of hydrogen-bond acceptors (Lipinski definition) is 11. The molecule has 0 aliphatic carbocycles. The van der Waals surface area contributed by atoms with Crippen LogP contribution in [0.4, 0.5) is 0 Å².